The van der Waals surface area contributed by atoms with E-state index in [2.05, 4.69) is 10.6 Å². The standard InChI is InChI=1S/C29H28F2N4O4/c30-28(31)14-18-9-10-23(28)24(26(37)34-17(15-32)13-16-11-12-33-25(16)36)35(18)27(38)29(39)21-7-3-1-5-19(21)20-6-2-4-8-22(20)29/h1-8,16-18,23-24,39H,9-14H2,(H,33,36)(H,34,37)/t16-,17+,18-,23-,24+/m1/s1. The van der Waals surface area contributed by atoms with Crippen molar-refractivity contribution in [1.82, 2.24) is 15.5 Å². The largest absolute Gasteiger partial charge is 0.372 e. The molecule has 7 rings (SSSR count). The second-order valence-corrected chi connectivity index (χ2v) is 11.0. The number of aliphatic hydroxyl groups is 1. The average molecular weight is 535 g/mol. The van der Waals surface area contributed by atoms with Crippen molar-refractivity contribution in [1.29, 1.82) is 5.26 Å². The monoisotopic (exact) mass is 534 g/mol. The number of carbonyl (C=O) groups excluding carboxylic acids is 3. The third kappa shape index (κ3) is 3.82. The lowest BCUT2D eigenvalue weighted by Crippen LogP contribution is -2.70. The van der Waals surface area contributed by atoms with E-state index in [0.29, 0.717) is 35.2 Å². The van der Waals surface area contributed by atoms with E-state index in [1.807, 2.05) is 6.07 Å². The number of rotatable bonds is 5. The maximum absolute atomic E-state index is 15.2. The highest BCUT2D eigenvalue weighted by atomic mass is 19.3. The molecule has 3 amide bonds. The van der Waals surface area contributed by atoms with E-state index in [-0.39, 0.29) is 25.2 Å². The summed E-state index contributed by atoms with van der Waals surface area (Å²) in [6.07, 6.45) is 0.266. The van der Waals surface area contributed by atoms with E-state index in [4.69, 9.17) is 0 Å². The summed E-state index contributed by atoms with van der Waals surface area (Å²) in [5.41, 5.74) is -0.153. The molecule has 0 unspecified atom stereocenters. The highest BCUT2D eigenvalue weighted by molar-refractivity contribution is 6.01. The first-order valence-electron chi connectivity index (χ1n) is 13.3. The second-order valence-electron chi connectivity index (χ2n) is 11.0. The van der Waals surface area contributed by atoms with Crippen molar-refractivity contribution in [2.24, 2.45) is 11.8 Å². The SMILES string of the molecule is N#C[C@H](C[C@H]1CCNC1=O)NC(=O)[C@@H]1[C@H]2CC[C@H](CC2(F)F)N1C(=O)C1(O)c2ccccc2-c2ccccc21. The van der Waals surface area contributed by atoms with Crippen molar-refractivity contribution in [2.75, 3.05) is 6.54 Å². The number of amides is 3. The molecule has 3 N–H and O–H groups in total. The van der Waals surface area contributed by atoms with Crippen molar-refractivity contribution in [3.63, 3.8) is 0 Å². The van der Waals surface area contributed by atoms with E-state index < -0.39 is 59.7 Å². The van der Waals surface area contributed by atoms with E-state index >= 15 is 8.78 Å². The van der Waals surface area contributed by atoms with Gasteiger partial charge in [-0.2, -0.15) is 5.26 Å². The molecular weight excluding hydrogens is 506 g/mol. The van der Waals surface area contributed by atoms with Crippen LogP contribution in [0.5, 0.6) is 0 Å². The average Bonchev–Trinajstić information content (AvgIpc) is 3.46. The molecule has 2 bridgehead atoms. The van der Waals surface area contributed by atoms with Crippen molar-refractivity contribution in [3.8, 4) is 17.2 Å². The minimum atomic E-state index is -3.19. The van der Waals surface area contributed by atoms with Gasteiger partial charge in [-0.1, -0.05) is 48.5 Å². The van der Waals surface area contributed by atoms with E-state index in [1.165, 1.54) is 0 Å². The molecule has 5 atom stereocenters. The Morgan fingerprint density at radius 1 is 1.10 bits per heavy atom. The first-order chi connectivity index (χ1) is 18.7. The van der Waals surface area contributed by atoms with Gasteiger partial charge in [0.2, 0.25) is 11.8 Å². The van der Waals surface area contributed by atoms with Crippen molar-refractivity contribution >= 4 is 17.7 Å². The van der Waals surface area contributed by atoms with Crippen LogP contribution in [0, 0.1) is 23.2 Å². The van der Waals surface area contributed by atoms with Crippen LogP contribution in [0.4, 0.5) is 8.78 Å². The number of hydrogen-bond donors (Lipinski definition) is 3. The van der Waals surface area contributed by atoms with Gasteiger partial charge in [-0.05, 0) is 36.8 Å². The highest BCUT2D eigenvalue weighted by Crippen LogP contribution is 2.53. The Bertz CT molecular complexity index is 1360. The van der Waals surface area contributed by atoms with Gasteiger partial charge in [0.15, 0.2) is 5.60 Å². The first kappa shape index (κ1) is 25.4. The van der Waals surface area contributed by atoms with Crippen LogP contribution in [0.15, 0.2) is 48.5 Å². The molecule has 0 radical (unpaired) electrons. The van der Waals surface area contributed by atoms with Gasteiger partial charge in [-0.25, -0.2) is 8.78 Å². The Kier molecular flexibility index (Phi) is 5.95. The molecule has 8 nitrogen and oxygen atoms in total. The van der Waals surface area contributed by atoms with Crippen LogP contribution < -0.4 is 10.6 Å². The molecule has 2 aromatic carbocycles. The summed E-state index contributed by atoms with van der Waals surface area (Å²) in [6.45, 7) is 0.470. The number of carbonyl (C=O) groups is 3. The number of halogens is 2. The fourth-order valence-corrected chi connectivity index (χ4v) is 6.98. The molecule has 5 aliphatic rings. The Morgan fingerprint density at radius 3 is 2.31 bits per heavy atom. The molecule has 10 heteroatoms. The zero-order valence-corrected chi connectivity index (χ0v) is 21.1. The third-order valence-electron chi connectivity index (χ3n) is 8.83. The number of piperidine rings is 2. The van der Waals surface area contributed by atoms with Crippen LogP contribution >= 0.6 is 0 Å². The predicted molar refractivity (Wildman–Crippen MR) is 135 cm³/mol. The smallest absolute Gasteiger partial charge is 0.264 e. The normalized spacial score (nSPS) is 28.2. The second kappa shape index (κ2) is 9.12. The lowest BCUT2D eigenvalue weighted by molar-refractivity contribution is -0.201. The maximum atomic E-state index is 15.2. The molecule has 4 fully saturated rings. The van der Waals surface area contributed by atoms with Gasteiger partial charge in [0, 0.05) is 36.1 Å². The van der Waals surface area contributed by atoms with Crippen molar-refractivity contribution < 1.29 is 28.3 Å². The van der Waals surface area contributed by atoms with E-state index in [1.54, 1.807) is 48.5 Å². The Labute approximate surface area is 224 Å². The minimum absolute atomic E-state index is 0.0351. The van der Waals surface area contributed by atoms with Gasteiger partial charge < -0.3 is 20.6 Å². The molecule has 202 valence electrons. The van der Waals surface area contributed by atoms with Crippen LogP contribution in [0.3, 0.4) is 0 Å². The van der Waals surface area contributed by atoms with Gasteiger partial charge >= 0.3 is 0 Å². The quantitative estimate of drug-likeness (QED) is 0.544. The predicted octanol–water partition coefficient (Wildman–Crippen LogP) is 2.45. The summed E-state index contributed by atoms with van der Waals surface area (Å²) in [5, 5.41) is 27.0. The van der Waals surface area contributed by atoms with Gasteiger partial charge in [-0.15, -0.1) is 0 Å². The molecule has 3 heterocycles. The van der Waals surface area contributed by atoms with Crippen LogP contribution in [-0.2, 0) is 20.0 Å². The molecule has 3 aliphatic heterocycles. The van der Waals surface area contributed by atoms with Crippen molar-refractivity contribution in [3.05, 3.63) is 59.7 Å². The van der Waals surface area contributed by atoms with Crippen LogP contribution in [-0.4, -0.2) is 58.3 Å². The lowest BCUT2D eigenvalue weighted by atomic mass is 9.70. The zero-order valence-electron chi connectivity index (χ0n) is 21.1. The molecular formula is C29H28F2N4O4. The minimum Gasteiger partial charge on any atom is -0.372 e. The number of fused-ring (bicyclic) bond motifs is 6. The molecule has 0 aromatic heterocycles. The van der Waals surface area contributed by atoms with Crippen LogP contribution in [0.25, 0.3) is 11.1 Å². The number of nitriles is 1. The lowest BCUT2D eigenvalue weighted by Gasteiger charge is -2.54. The zero-order chi connectivity index (χ0) is 27.5. The Balaban J connectivity index is 1.36. The van der Waals surface area contributed by atoms with Gasteiger partial charge in [-0.3, -0.25) is 14.4 Å². The highest BCUT2D eigenvalue weighted by Gasteiger charge is 2.63. The summed E-state index contributed by atoms with van der Waals surface area (Å²) < 4.78 is 30.4. The maximum Gasteiger partial charge on any atom is 0.264 e. The Morgan fingerprint density at radius 2 is 1.74 bits per heavy atom. The van der Waals surface area contributed by atoms with Gasteiger partial charge in [0.05, 0.1) is 12.0 Å². The van der Waals surface area contributed by atoms with Crippen LogP contribution in [0.2, 0.25) is 0 Å². The summed E-state index contributed by atoms with van der Waals surface area (Å²) in [7, 11) is 0. The number of alkyl halides is 2. The molecule has 39 heavy (non-hydrogen) atoms. The fourth-order valence-electron chi connectivity index (χ4n) is 6.98. The number of nitrogens with one attached hydrogen (secondary N) is 2. The number of hydrogen-bond acceptors (Lipinski definition) is 5. The molecule has 2 aromatic rings. The topological polar surface area (TPSA) is 123 Å². The third-order valence-corrected chi connectivity index (χ3v) is 8.83. The van der Waals surface area contributed by atoms with Gasteiger partial charge in [0.25, 0.3) is 11.8 Å². The summed E-state index contributed by atoms with van der Waals surface area (Å²) in [5.74, 6) is -7.03. The van der Waals surface area contributed by atoms with E-state index in [9.17, 15) is 24.8 Å². The fraction of sp³-hybridized carbons (Fsp3) is 0.448. The number of nitrogens with zero attached hydrogens (tertiary/aromatic N) is 2. The molecule has 0 spiro atoms. The van der Waals surface area contributed by atoms with E-state index in [0.717, 1.165) is 4.90 Å². The summed E-state index contributed by atoms with van der Waals surface area (Å²) in [6, 6.07) is 12.2. The number of benzene rings is 2. The summed E-state index contributed by atoms with van der Waals surface area (Å²) in [4.78, 5) is 41.2. The summed E-state index contributed by atoms with van der Waals surface area (Å²) >= 11 is 0. The Hall–Kier alpha value is -3.84. The molecule has 1 saturated carbocycles. The van der Waals surface area contributed by atoms with Crippen molar-refractivity contribution in [2.45, 2.75) is 61.8 Å². The van der Waals surface area contributed by atoms with Gasteiger partial charge in [0.1, 0.15) is 12.1 Å². The molecule has 2 aliphatic carbocycles. The first-order valence-corrected chi connectivity index (χ1v) is 13.3. The van der Waals surface area contributed by atoms with Crippen LogP contribution in [0.1, 0.15) is 43.2 Å². The molecule has 3 saturated heterocycles.